The molecule has 0 fully saturated rings. The van der Waals surface area contributed by atoms with Crippen LogP contribution in [0.1, 0.15) is 43.7 Å². The van der Waals surface area contributed by atoms with Crippen molar-refractivity contribution in [2.45, 2.75) is 39.5 Å². The van der Waals surface area contributed by atoms with Gasteiger partial charge in [-0.25, -0.2) is 4.98 Å². The SMILES string of the molecule is CCCCCCOc1ccc(/C=N/Nc2nc(-c3ccc(C)cc3)cs2)cc1. The van der Waals surface area contributed by atoms with Crippen LogP contribution >= 0.6 is 11.3 Å². The highest BCUT2D eigenvalue weighted by Gasteiger charge is 2.03. The summed E-state index contributed by atoms with van der Waals surface area (Å²) in [6.45, 7) is 5.08. The molecule has 0 atom stereocenters. The fourth-order valence-corrected chi connectivity index (χ4v) is 3.38. The zero-order chi connectivity index (χ0) is 19.6. The average Bonchev–Trinajstić information content (AvgIpc) is 3.18. The van der Waals surface area contributed by atoms with E-state index in [9.17, 15) is 0 Å². The summed E-state index contributed by atoms with van der Waals surface area (Å²) in [4.78, 5) is 4.58. The van der Waals surface area contributed by atoms with Gasteiger partial charge < -0.3 is 4.74 Å². The van der Waals surface area contributed by atoms with Crippen molar-refractivity contribution in [2.75, 3.05) is 12.0 Å². The number of benzene rings is 2. The Labute approximate surface area is 171 Å². The van der Waals surface area contributed by atoms with E-state index in [4.69, 9.17) is 4.74 Å². The minimum Gasteiger partial charge on any atom is -0.494 e. The third kappa shape index (κ3) is 6.20. The molecule has 1 aromatic heterocycles. The van der Waals surface area contributed by atoms with Crippen molar-refractivity contribution < 1.29 is 4.74 Å². The zero-order valence-corrected chi connectivity index (χ0v) is 17.3. The van der Waals surface area contributed by atoms with Crippen molar-refractivity contribution in [3.63, 3.8) is 0 Å². The van der Waals surface area contributed by atoms with Gasteiger partial charge in [-0.3, -0.25) is 5.43 Å². The molecule has 0 saturated carbocycles. The molecule has 0 aliphatic rings. The van der Waals surface area contributed by atoms with Crippen molar-refractivity contribution in [1.82, 2.24) is 4.98 Å². The molecule has 3 aromatic rings. The fourth-order valence-electron chi connectivity index (χ4n) is 2.71. The first kappa shape index (κ1) is 20.1. The van der Waals surface area contributed by atoms with Crippen LogP contribution in [0.25, 0.3) is 11.3 Å². The van der Waals surface area contributed by atoms with E-state index in [0.717, 1.165) is 40.7 Å². The summed E-state index contributed by atoms with van der Waals surface area (Å²) in [5.74, 6) is 0.907. The predicted octanol–water partition coefficient (Wildman–Crippen LogP) is 6.52. The Morgan fingerprint density at radius 1 is 1.04 bits per heavy atom. The van der Waals surface area contributed by atoms with E-state index in [-0.39, 0.29) is 0 Å². The van der Waals surface area contributed by atoms with Crippen molar-refractivity contribution in [3.8, 4) is 17.0 Å². The first-order chi connectivity index (χ1) is 13.7. The molecular formula is C23H27N3OS. The molecule has 146 valence electrons. The number of hydrogen-bond donors (Lipinski definition) is 1. The lowest BCUT2D eigenvalue weighted by molar-refractivity contribution is 0.305. The van der Waals surface area contributed by atoms with Gasteiger partial charge in [-0.1, -0.05) is 56.0 Å². The second-order valence-corrected chi connectivity index (χ2v) is 7.61. The highest BCUT2D eigenvalue weighted by molar-refractivity contribution is 7.14. The molecule has 0 saturated heterocycles. The van der Waals surface area contributed by atoms with Gasteiger partial charge in [-0.15, -0.1) is 11.3 Å². The number of aryl methyl sites for hydroxylation is 1. The van der Waals surface area contributed by atoms with Gasteiger partial charge >= 0.3 is 0 Å². The van der Waals surface area contributed by atoms with Crippen molar-refractivity contribution in [1.29, 1.82) is 0 Å². The van der Waals surface area contributed by atoms with Gasteiger partial charge in [0.25, 0.3) is 0 Å². The van der Waals surface area contributed by atoms with Crippen molar-refractivity contribution in [3.05, 3.63) is 65.0 Å². The van der Waals surface area contributed by atoms with Gasteiger partial charge in [-0.05, 0) is 43.2 Å². The standard InChI is InChI=1S/C23H27N3OS/c1-3-4-5-6-15-27-21-13-9-19(10-14-21)16-24-26-23-25-22(17-28-23)20-11-7-18(2)8-12-20/h7-14,16-17H,3-6,15H2,1-2H3,(H,25,26)/b24-16+. The summed E-state index contributed by atoms with van der Waals surface area (Å²) in [6.07, 6.45) is 6.65. The molecule has 0 bridgehead atoms. The third-order valence-electron chi connectivity index (χ3n) is 4.37. The Balaban J connectivity index is 1.47. The Kier molecular flexibility index (Phi) is 7.62. The smallest absolute Gasteiger partial charge is 0.203 e. The normalized spacial score (nSPS) is 11.1. The number of hydrogen-bond acceptors (Lipinski definition) is 5. The Morgan fingerprint density at radius 3 is 2.57 bits per heavy atom. The Hall–Kier alpha value is -2.66. The molecule has 2 aromatic carbocycles. The number of hydrazone groups is 1. The molecule has 4 nitrogen and oxygen atoms in total. The van der Waals surface area contributed by atoms with Crippen molar-refractivity contribution in [2.24, 2.45) is 5.10 Å². The van der Waals surface area contributed by atoms with E-state index in [2.05, 4.69) is 53.6 Å². The number of nitrogens with one attached hydrogen (secondary N) is 1. The van der Waals surface area contributed by atoms with E-state index < -0.39 is 0 Å². The van der Waals surface area contributed by atoms with Crippen LogP contribution in [0.2, 0.25) is 0 Å². The van der Waals surface area contributed by atoms with Crippen LogP contribution in [0, 0.1) is 6.92 Å². The number of ether oxygens (including phenoxy) is 1. The number of rotatable bonds is 10. The van der Waals surface area contributed by atoms with Gasteiger partial charge in [0, 0.05) is 10.9 Å². The van der Waals surface area contributed by atoms with Crippen LogP contribution in [-0.2, 0) is 0 Å². The van der Waals surface area contributed by atoms with Crippen LogP contribution in [-0.4, -0.2) is 17.8 Å². The summed E-state index contributed by atoms with van der Waals surface area (Å²) in [5, 5.41) is 7.10. The highest BCUT2D eigenvalue weighted by Crippen LogP contribution is 2.25. The van der Waals surface area contributed by atoms with Crippen LogP contribution in [0.5, 0.6) is 5.75 Å². The molecule has 0 radical (unpaired) electrons. The maximum atomic E-state index is 5.77. The lowest BCUT2D eigenvalue weighted by Crippen LogP contribution is -1.97. The summed E-state index contributed by atoms with van der Waals surface area (Å²) in [7, 11) is 0. The molecule has 0 unspecified atom stereocenters. The number of nitrogens with zero attached hydrogens (tertiary/aromatic N) is 2. The molecule has 0 aliphatic heterocycles. The number of aromatic nitrogens is 1. The van der Waals surface area contributed by atoms with E-state index in [1.165, 1.54) is 24.8 Å². The monoisotopic (exact) mass is 393 g/mol. The maximum Gasteiger partial charge on any atom is 0.203 e. The van der Waals surface area contributed by atoms with Gasteiger partial charge in [0.05, 0.1) is 18.5 Å². The lowest BCUT2D eigenvalue weighted by Gasteiger charge is -2.05. The second-order valence-electron chi connectivity index (χ2n) is 6.75. The minimum atomic E-state index is 0.777. The minimum absolute atomic E-state index is 0.777. The first-order valence-electron chi connectivity index (χ1n) is 9.79. The fraction of sp³-hybridized carbons (Fsp3) is 0.304. The Morgan fingerprint density at radius 2 is 1.82 bits per heavy atom. The van der Waals surface area contributed by atoms with Crippen LogP contribution in [0.4, 0.5) is 5.13 Å². The molecular weight excluding hydrogens is 366 g/mol. The maximum absolute atomic E-state index is 5.77. The van der Waals surface area contributed by atoms with Crippen LogP contribution in [0.15, 0.2) is 59.0 Å². The number of unbranched alkanes of at least 4 members (excludes halogenated alkanes) is 3. The molecule has 3 rings (SSSR count). The van der Waals surface area contributed by atoms with E-state index in [1.54, 1.807) is 17.6 Å². The van der Waals surface area contributed by atoms with E-state index in [1.807, 2.05) is 29.6 Å². The predicted molar refractivity (Wildman–Crippen MR) is 120 cm³/mol. The van der Waals surface area contributed by atoms with Gasteiger partial charge in [-0.2, -0.15) is 5.10 Å². The molecule has 5 heteroatoms. The molecule has 0 aliphatic carbocycles. The summed E-state index contributed by atoms with van der Waals surface area (Å²) in [6, 6.07) is 16.4. The topological polar surface area (TPSA) is 46.5 Å². The van der Waals surface area contributed by atoms with Crippen LogP contribution in [0.3, 0.4) is 0 Å². The number of anilines is 1. The Bertz CT molecular complexity index is 870. The van der Waals surface area contributed by atoms with E-state index in [0.29, 0.717) is 0 Å². The summed E-state index contributed by atoms with van der Waals surface area (Å²) >= 11 is 1.54. The quantitative estimate of drug-likeness (QED) is 0.242. The molecule has 0 spiro atoms. The lowest BCUT2D eigenvalue weighted by atomic mass is 10.1. The van der Waals surface area contributed by atoms with Gasteiger partial charge in [0.1, 0.15) is 5.75 Å². The zero-order valence-electron chi connectivity index (χ0n) is 16.5. The van der Waals surface area contributed by atoms with Crippen molar-refractivity contribution >= 4 is 22.7 Å². The molecule has 1 heterocycles. The van der Waals surface area contributed by atoms with E-state index >= 15 is 0 Å². The molecule has 28 heavy (non-hydrogen) atoms. The summed E-state index contributed by atoms with van der Waals surface area (Å²) in [5.41, 5.74) is 7.35. The van der Waals surface area contributed by atoms with Gasteiger partial charge in [0.2, 0.25) is 5.13 Å². The van der Waals surface area contributed by atoms with Gasteiger partial charge in [0.15, 0.2) is 0 Å². The average molecular weight is 394 g/mol. The summed E-state index contributed by atoms with van der Waals surface area (Å²) < 4.78 is 5.77. The third-order valence-corrected chi connectivity index (χ3v) is 5.12. The molecule has 0 amide bonds. The largest absolute Gasteiger partial charge is 0.494 e. The molecule has 1 N–H and O–H groups in total. The van der Waals surface area contributed by atoms with Crippen LogP contribution < -0.4 is 10.2 Å². The highest BCUT2D eigenvalue weighted by atomic mass is 32.1. The first-order valence-corrected chi connectivity index (χ1v) is 10.7. The number of thiazole rings is 1. The second kappa shape index (κ2) is 10.6.